The Kier molecular flexibility index (Phi) is 4.29. The molecule has 8 nitrogen and oxygen atoms in total. The molecule has 1 aliphatic carbocycles. The molecule has 2 saturated heterocycles. The molecule has 2 aromatic rings. The molecule has 1 aromatic carbocycles. The smallest absolute Gasteiger partial charge is 0.414 e. The normalized spacial score (nSPS) is 31.0. The van der Waals surface area contributed by atoms with Crippen LogP contribution in [0.1, 0.15) is 5.56 Å². The third kappa shape index (κ3) is 2.66. The highest BCUT2D eigenvalue weighted by molar-refractivity contribution is 5.89. The number of benzene rings is 1. The summed E-state index contributed by atoms with van der Waals surface area (Å²) in [7, 11) is 0. The molecule has 3 aliphatic rings. The van der Waals surface area contributed by atoms with Gasteiger partial charge in [0.05, 0.1) is 30.8 Å². The Bertz CT molecular complexity index is 868. The molecule has 0 radical (unpaired) electrons. The quantitative estimate of drug-likeness (QED) is 0.851. The van der Waals surface area contributed by atoms with Crippen molar-refractivity contribution in [3.05, 3.63) is 42.2 Å². The first-order chi connectivity index (χ1) is 12.7. The van der Waals surface area contributed by atoms with Crippen LogP contribution in [0.4, 0.5) is 10.5 Å². The van der Waals surface area contributed by atoms with Crippen LogP contribution in [-0.4, -0.2) is 46.8 Å². The molecule has 1 saturated carbocycles. The summed E-state index contributed by atoms with van der Waals surface area (Å²) in [6.45, 7) is 2.76. The number of rotatable bonds is 4. The van der Waals surface area contributed by atoms with Gasteiger partial charge < -0.3 is 10.1 Å². The van der Waals surface area contributed by atoms with E-state index >= 15 is 0 Å². The predicted octanol–water partition coefficient (Wildman–Crippen LogP) is 1.34. The number of anilines is 1. The molecule has 140 valence electrons. The molecule has 2 aliphatic heterocycles. The molecule has 27 heavy (non-hydrogen) atoms. The molecular formula is C18H19ClN6O2. The van der Waals surface area contributed by atoms with Crippen LogP contribution in [0.5, 0.6) is 0 Å². The maximum atomic E-state index is 12.2. The van der Waals surface area contributed by atoms with E-state index in [0.29, 0.717) is 24.9 Å². The van der Waals surface area contributed by atoms with Gasteiger partial charge in [0.15, 0.2) is 0 Å². The molecule has 1 amide bonds. The van der Waals surface area contributed by atoms with E-state index in [4.69, 9.17) is 4.74 Å². The first-order valence-electron chi connectivity index (χ1n) is 8.77. The van der Waals surface area contributed by atoms with E-state index in [0.717, 1.165) is 24.3 Å². The zero-order valence-electron chi connectivity index (χ0n) is 14.5. The molecule has 3 heterocycles. The van der Waals surface area contributed by atoms with Gasteiger partial charge in [0.25, 0.3) is 0 Å². The number of carbonyl (C=O) groups is 1. The van der Waals surface area contributed by atoms with Crippen molar-refractivity contribution in [3.8, 4) is 6.07 Å². The van der Waals surface area contributed by atoms with Crippen molar-refractivity contribution in [1.82, 2.24) is 20.3 Å². The average molecular weight is 387 g/mol. The van der Waals surface area contributed by atoms with Crippen molar-refractivity contribution in [2.24, 2.45) is 11.8 Å². The Morgan fingerprint density at radius 2 is 2.04 bits per heavy atom. The highest BCUT2D eigenvalue weighted by Crippen LogP contribution is 2.61. The van der Waals surface area contributed by atoms with E-state index in [-0.39, 0.29) is 30.0 Å². The Labute approximate surface area is 162 Å². The minimum absolute atomic E-state index is 0. The first kappa shape index (κ1) is 17.8. The van der Waals surface area contributed by atoms with Gasteiger partial charge in [-0.2, -0.15) is 5.26 Å². The minimum atomic E-state index is -0.356. The van der Waals surface area contributed by atoms with Crippen molar-refractivity contribution in [2.45, 2.75) is 18.1 Å². The molecule has 5 rings (SSSR count). The number of fused-ring (bicyclic) bond motifs is 1. The summed E-state index contributed by atoms with van der Waals surface area (Å²) >= 11 is 0. The number of carbonyl (C=O) groups excluding carboxylic acids is 1. The number of nitriles is 1. The molecule has 9 heteroatoms. The van der Waals surface area contributed by atoms with Crippen LogP contribution in [0.2, 0.25) is 0 Å². The van der Waals surface area contributed by atoms with Gasteiger partial charge in [-0.05, 0) is 17.7 Å². The number of piperidine rings is 1. The monoisotopic (exact) mass is 386 g/mol. The van der Waals surface area contributed by atoms with Gasteiger partial charge in [-0.25, -0.2) is 9.48 Å². The summed E-state index contributed by atoms with van der Waals surface area (Å²) in [5.74, 6) is 0.810. The van der Waals surface area contributed by atoms with Crippen molar-refractivity contribution < 1.29 is 9.53 Å². The maximum Gasteiger partial charge on any atom is 0.414 e. The standard InChI is InChI=1S/C18H18N6O2.ClH/c19-11-18(15-7-20-8-16(15)18)12-1-3-13(4-2-12)24-10-14(26-17(24)25)9-23-6-5-21-22-23;/h1-6,14-16,20H,7-10H2;1H/t14-,15?,16?,18?;/m0./s1. The Hall–Kier alpha value is -2.63. The van der Waals surface area contributed by atoms with Crippen molar-refractivity contribution in [2.75, 3.05) is 24.5 Å². The highest BCUT2D eigenvalue weighted by atomic mass is 35.5. The number of cyclic esters (lactones) is 1. The lowest BCUT2D eigenvalue weighted by molar-refractivity contribution is 0.129. The molecule has 3 atom stereocenters. The number of nitrogens with one attached hydrogen (secondary N) is 1. The average Bonchev–Trinajstić information content (AvgIpc) is 3.19. The second-order valence-corrected chi connectivity index (χ2v) is 7.14. The van der Waals surface area contributed by atoms with Gasteiger partial charge in [0.2, 0.25) is 0 Å². The SMILES string of the molecule is Cl.N#CC1(c2ccc(N3C[C@H](Cn4ccnn4)OC3=O)cc2)C2CNCC21. The van der Waals surface area contributed by atoms with Crippen LogP contribution in [0.25, 0.3) is 0 Å². The van der Waals surface area contributed by atoms with E-state index in [1.807, 2.05) is 24.3 Å². The number of hydrogen-bond acceptors (Lipinski definition) is 6. The van der Waals surface area contributed by atoms with Crippen molar-refractivity contribution in [3.63, 3.8) is 0 Å². The van der Waals surface area contributed by atoms with E-state index in [2.05, 4.69) is 21.7 Å². The summed E-state index contributed by atoms with van der Waals surface area (Å²) in [5.41, 5.74) is 1.48. The van der Waals surface area contributed by atoms with Gasteiger partial charge in [-0.1, -0.05) is 17.3 Å². The maximum absolute atomic E-state index is 12.2. The van der Waals surface area contributed by atoms with Crippen LogP contribution < -0.4 is 10.2 Å². The van der Waals surface area contributed by atoms with Crippen molar-refractivity contribution >= 4 is 24.2 Å². The van der Waals surface area contributed by atoms with E-state index in [9.17, 15) is 10.1 Å². The molecule has 1 aromatic heterocycles. The second kappa shape index (κ2) is 6.51. The van der Waals surface area contributed by atoms with Gasteiger partial charge >= 0.3 is 6.09 Å². The Morgan fingerprint density at radius 3 is 2.67 bits per heavy atom. The minimum Gasteiger partial charge on any atom is -0.442 e. The number of hydrogen-bond donors (Lipinski definition) is 1. The lowest BCUT2D eigenvalue weighted by Gasteiger charge is -2.17. The predicted molar refractivity (Wildman–Crippen MR) is 98.5 cm³/mol. The number of nitrogens with zero attached hydrogens (tertiary/aromatic N) is 5. The van der Waals surface area contributed by atoms with Crippen LogP contribution in [0, 0.1) is 23.2 Å². The summed E-state index contributed by atoms with van der Waals surface area (Å²) in [6.07, 6.45) is 2.73. The first-order valence-corrected chi connectivity index (χ1v) is 8.77. The molecule has 0 bridgehead atoms. The third-order valence-electron chi connectivity index (χ3n) is 5.85. The fraction of sp³-hybridized carbons (Fsp3) is 0.444. The fourth-order valence-corrected chi connectivity index (χ4v) is 4.48. The van der Waals surface area contributed by atoms with Crippen LogP contribution >= 0.6 is 12.4 Å². The van der Waals surface area contributed by atoms with Crippen LogP contribution in [0.3, 0.4) is 0 Å². The topological polar surface area (TPSA) is 96.1 Å². The number of amides is 1. The van der Waals surface area contributed by atoms with Gasteiger partial charge in [-0.3, -0.25) is 4.90 Å². The summed E-state index contributed by atoms with van der Waals surface area (Å²) in [6, 6.07) is 10.3. The molecule has 0 spiro atoms. The summed E-state index contributed by atoms with van der Waals surface area (Å²) in [5, 5.41) is 20.7. The van der Waals surface area contributed by atoms with E-state index < -0.39 is 0 Å². The number of ether oxygens (including phenoxy) is 1. The molecule has 3 fully saturated rings. The molecule has 2 unspecified atom stereocenters. The molecular weight excluding hydrogens is 368 g/mol. The highest BCUT2D eigenvalue weighted by Gasteiger charge is 2.68. The second-order valence-electron chi connectivity index (χ2n) is 7.14. The van der Waals surface area contributed by atoms with Crippen LogP contribution in [-0.2, 0) is 16.7 Å². The Balaban J connectivity index is 0.00000180. The van der Waals surface area contributed by atoms with Gasteiger partial charge in [0.1, 0.15) is 6.10 Å². The zero-order chi connectivity index (χ0) is 17.7. The van der Waals surface area contributed by atoms with Crippen LogP contribution in [0.15, 0.2) is 36.7 Å². The molecule has 1 N–H and O–H groups in total. The van der Waals surface area contributed by atoms with E-state index in [1.165, 1.54) is 0 Å². The van der Waals surface area contributed by atoms with Crippen molar-refractivity contribution in [1.29, 1.82) is 5.26 Å². The number of halogens is 1. The lowest BCUT2D eigenvalue weighted by Crippen LogP contribution is -2.26. The fourth-order valence-electron chi connectivity index (χ4n) is 4.48. The van der Waals surface area contributed by atoms with Gasteiger partial charge in [0, 0.05) is 36.8 Å². The largest absolute Gasteiger partial charge is 0.442 e. The summed E-state index contributed by atoms with van der Waals surface area (Å²) in [4.78, 5) is 13.8. The van der Waals surface area contributed by atoms with Gasteiger partial charge in [-0.15, -0.1) is 17.5 Å². The lowest BCUT2D eigenvalue weighted by atomic mass is 9.92. The number of aromatic nitrogens is 3. The third-order valence-corrected chi connectivity index (χ3v) is 5.85. The Morgan fingerprint density at radius 1 is 1.30 bits per heavy atom. The van der Waals surface area contributed by atoms with E-state index in [1.54, 1.807) is 22.0 Å². The zero-order valence-corrected chi connectivity index (χ0v) is 15.3. The summed E-state index contributed by atoms with van der Waals surface area (Å²) < 4.78 is 7.09.